The van der Waals surface area contributed by atoms with Crippen molar-refractivity contribution in [3.8, 4) is 0 Å². The summed E-state index contributed by atoms with van der Waals surface area (Å²) in [6, 6.07) is 0. The molecular weight excluding hydrogens is 332 g/mol. The van der Waals surface area contributed by atoms with Crippen molar-refractivity contribution in [2.75, 3.05) is 0 Å². The molecule has 0 bridgehead atoms. The predicted octanol–water partition coefficient (Wildman–Crippen LogP) is 7.55. The van der Waals surface area contributed by atoms with E-state index in [1.54, 1.807) is 0 Å². The number of allylic oxidation sites excluding steroid dienone is 9. The van der Waals surface area contributed by atoms with E-state index < -0.39 is 5.97 Å². The third-order valence-electron chi connectivity index (χ3n) is 5.36. The Morgan fingerprint density at radius 3 is 2.26 bits per heavy atom. The minimum absolute atomic E-state index is 0.411. The first kappa shape index (κ1) is 23.2. The lowest BCUT2D eigenvalue weighted by atomic mass is 9.88. The summed E-state index contributed by atoms with van der Waals surface area (Å²) >= 11 is 0. The summed E-state index contributed by atoms with van der Waals surface area (Å²) in [5.74, 6) is -0.359. The van der Waals surface area contributed by atoms with E-state index in [1.165, 1.54) is 22.3 Å². The zero-order chi connectivity index (χ0) is 20.2. The summed E-state index contributed by atoms with van der Waals surface area (Å²) in [6.07, 6.45) is 18.6. The van der Waals surface area contributed by atoms with Gasteiger partial charge in [0, 0.05) is 5.57 Å². The molecule has 1 aliphatic carbocycles. The maximum absolute atomic E-state index is 11.6. The third kappa shape index (κ3) is 10.2. The number of carboxylic acid groups (broad SMARTS) is 1. The molecule has 2 nitrogen and oxygen atoms in total. The van der Waals surface area contributed by atoms with E-state index in [4.69, 9.17) is 0 Å². The largest absolute Gasteiger partial charge is 0.478 e. The fourth-order valence-corrected chi connectivity index (χ4v) is 3.39. The number of hydrogen-bond donors (Lipinski definition) is 1. The van der Waals surface area contributed by atoms with Crippen molar-refractivity contribution < 1.29 is 9.90 Å². The van der Waals surface area contributed by atoms with Crippen molar-refractivity contribution in [1.29, 1.82) is 0 Å². The van der Waals surface area contributed by atoms with Gasteiger partial charge in [-0.05, 0) is 91.9 Å². The first-order chi connectivity index (χ1) is 12.8. The average Bonchev–Trinajstić information content (AvgIpc) is 2.58. The molecule has 1 N–H and O–H groups in total. The zero-order valence-electron chi connectivity index (χ0n) is 18.0. The second kappa shape index (κ2) is 12.5. The molecule has 0 heterocycles. The van der Waals surface area contributed by atoms with Crippen LogP contribution in [-0.4, -0.2) is 11.1 Å². The highest BCUT2D eigenvalue weighted by atomic mass is 16.4. The smallest absolute Gasteiger partial charge is 0.331 e. The Morgan fingerprint density at radius 2 is 1.63 bits per heavy atom. The minimum atomic E-state index is -0.769. The molecule has 1 atom stereocenters. The van der Waals surface area contributed by atoms with Crippen LogP contribution >= 0.6 is 0 Å². The molecule has 0 saturated carbocycles. The van der Waals surface area contributed by atoms with E-state index in [9.17, 15) is 9.90 Å². The van der Waals surface area contributed by atoms with E-state index in [1.807, 2.05) is 6.08 Å². The number of rotatable bonds is 4. The van der Waals surface area contributed by atoms with E-state index >= 15 is 0 Å². The molecule has 1 aliphatic rings. The summed E-state index contributed by atoms with van der Waals surface area (Å²) in [4.78, 5) is 11.6. The van der Waals surface area contributed by atoms with E-state index in [2.05, 4.69) is 58.9 Å². The molecule has 0 amide bonds. The summed E-state index contributed by atoms with van der Waals surface area (Å²) in [7, 11) is 0. The van der Waals surface area contributed by atoms with Gasteiger partial charge in [-0.3, -0.25) is 0 Å². The van der Waals surface area contributed by atoms with Crippen LogP contribution in [0.3, 0.4) is 0 Å². The molecule has 150 valence electrons. The van der Waals surface area contributed by atoms with Crippen LogP contribution in [0.15, 0.2) is 58.2 Å². The summed E-state index contributed by atoms with van der Waals surface area (Å²) in [5.41, 5.74) is 6.08. The summed E-state index contributed by atoms with van der Waals surface area (Å²) < 4.78 is 0. The molecular formula is C25H38O2. The highest BCUT2D eigenvalue weighted by Crippen LogP contribution is 2.26. The van der Waals surface area contributed by atoms with Gasteiger partial charge in [0.05, 0.1) is 0 Å². The SMILES string of the molecule is CC(C)=CCC=C(C)C1CC=C(C(=O)O)CCC=C(C)CCC=C(C)CC1. The number of aliphatic carboxylic acids is 1. The highest BCUT2D eigenvalue weighted by Gasteiger charge is 2.13. The van der Waals surface area contributed by atoms with Gasteiger partial charge >= 0.3 is 5.97 Å². The van der Waals surface area contributed by atoms with Crippen molar-refractivity contribution >= 4 is 5.97 Å². The van der Waals surface area contributed by atoms with Crippen LogP contribution in [0.25, 0.3) is 0 Å². The van der Waals surface area contributed by atoms with Crippen LogP contribution in [0, 0.1) is 5.92 Å². The Balaban J connectivity index is 3.02. The van der Waals surface area contributed by atoms with Crippen molar-refractivity contribution in [2.24, 2.45) is 5.92 Å². The van der Waals surface area contributed by atoms with Gasteiger partial charge in [0.2, 0.25) is 0 Å². The van der Waals surface area contributed by atoms with Gasteiger partial charge in [0.15, 0.2) is 0 Å². The Kier molecular flexibility index (Phi) is 10.8. The molecule has 0 aromatic rings. The van der Waals surface area contributed by atoms with Crippen LogP contribution in [-0.2, 0) is 4.79 Å². The second-order valence-corrected chi connectivity index (χ2v) is 8.15. The van der Waals surface area contributed by atoms with Gasteiger partial charge in [0.1, 0.15) is 0 Å². The second-order valence-electron chi connectivity index (χ2n) is 8.15. The van der Waals surface area contributed by atoms with E-state index in [0.29, 0.717) is 17.9 Å². The fraction of sp³-hybridized carbons (Fsp3) is 0.560. The molecule has 2 heteroatoms. The first-order valence-electron chi connectivity index (χ1n) is 10.3. The highest BCUT2D eigenvalue weighted by molar-refractivity contribution is 5.86. The predicted molar refractivity (Wildman–Crippen MR) is 117 cm³/mol. The lowest BCUT2D eigenvalue weighted by Gasteiger charge is -2.18. The quantitative estimate of drug-likeness (QED) is 0.519. The van der Waals surface area contributed by atoms with Crippen LogP contribution in [0.5, 0.6) is 0 Å². The molecule has 0 aromatic heterocycles. The van der Waals surface area contributed by atoms with Crippen LogP contribution < -0.4 is 0 Å². The van der Waals surface area contributed by atoms with E-state index in [0.717, 1.165) is 44.9 Å². The topological polar surface area (TPSA) is 37.3 Å². The standard InChI is InChI=1S/C25H38O2/c1-19(2)9-6-13-22(5)23-16-15-21(4)11-7-10-20(3)12-8-14-24(18-17-23)25(26)27/h9,11-13,18,23H,6-8,10,14-17H2,1-5H3,(H,26,27). The normalized spacial score (nSPS) is 20.7. The molecule has 0 radical (unpaired) electrons. The van der Waals surface area contributed by atoms with Gasteiger partial charge in [-0.15, -0.1) is 0 Å². The minimum Gasteiger partial charge on any atom is -0.478 e. The number of carbonyl (C=O) groups is 1. The third-order valence-corrected chi connectivity index (χ3v) is 5.36. The number of hydrogen-bond acceptors (Lipinski definition) is 1. The lowest BCUT2D eigenvalue weighted by molar-refractivity contribution is -0.132. The zero-order valence-corrected chi connectivity index (χ0v) is 18.0. The van der Waals surface area contributed by atoms with Crippen molar-refractivity contribution in [1.82, 2.24) is 0 Å². The number of carboxylic acids is 1. The Bertz CT molecular complexity index is 637. The van der Waals surface area contributed by atoms with Crippen LogP contribution in [0.4, 0.5) is 0 Å². The van der Waals surface area contributed by atoms with Gasteiger partial charge in [-0.2, -0.15) is 0 Å². The van der Waals surface area contributed by atoms with Crippen LogP contribution in [0.2, 0.25) is 0 Å². The summed E-state index contributed by atoms with van der Waals surface area (Å²) in [6.45, 7) is 10.8. The average molecular weight is 371 g/mol. The molecule has 0 spiro atoms. The van der Waals surface area contributed by atoms with Gasteiger partial charge in [-0.1, -0.05) is 52.7 Å². The molecule has 1 rings (SSSR count). The Morgan fingerprint density at radius 1 is 1.00 bits per heavy atom. The van der Waals surface area contributed by atoms with E-state index in [-0.39, 0.29) is 0 Å². The van der Waals surface area contributed by atoms with Crippen LogP contribution in [0.1, 0.15) is 86.0 Å². The van der Waals surface area contributed by atoms with Gasteiger partial charge in [-0.25, -0.2) is 4.79 Å². The molecule has 1 unspecified atom stereocenters. The lowest BCUT2D eigenvalue weighted by Crippen LogP contribution is -2.06. The maximum atomic E-state index is 11.6. The van der Waals surface area contributed by atoms with Gasteiger partial charge in [0.25, 0.3) is 0 Å². The molecule has 0 aromatic carbocycles. The first-order valence-corrected chi connectivity index (χ1v) is 10.3. The van der Waals surface area contributed by atoms with Crippen molar-refractivity contribution in [3.05, 3.63) is 58.2 Å². The van der Waals surface area contributed by atoms with Crippen molar-refractivity contribution in [2.45, 2.75) is 86.0 Å². The molecule has 0 saturated heterocycles. The maximum Gasteiger partial charge on any atom is 0.331 e. The fourth-order valence-electron chi connectivity index (χ4n) is 3.39. The summed E-state index contributed by atoms with van der Waals surface area (Å²) in [5, 5.41) is 9.56. The van der Waals surface area contributed by atoms with Crippen molar-refractivity contribution in [3.63, 3.8) is 0 Å². The molecule has 27 heavy (non-hydrogen) atoms. The Labute approximate surface area is 166 Å². The molecule has 0 aliphatic heterocycles. The monoisotopic (exact) mass is 370 g/mol. The van der Waals surface area contributed by atoms with Gasteiger partial charge < -0.3 is 5.11 Å². The molecule has 0 fully saturated rings. The Hall–Kier alpha value is -1.83.